The monoisotopic (exact) mass is 501 g/mol. The summed E-state index contributed by atoms with van der Waals surface area (Å²) in [6.07, 6.45) is 3.30. The van der Waals surface area contributed by atoms with Gasteiger partial charge in [-0.1, -0.05) is 60.1 Å². The van der Waals surface area contributed by atoms with Gasteiger partial charge < -0.3 is 10.0 Å². The zero-order valence-electron chi connectivity index (χ0n) is 18.7. The molecule has 1 atom stereocenters. The highest BCUT2D eigenvalue weighted by atomic mass is 35.5. The SMILES string of the molecule is Cc1nc(-c2ccccc2)sc1C(=O)C1=C(O)C(=O)N(Cc2cccnc2)C1c1ccc(Cl)cc1. The molecule has 5 rings (SSSR count). The predicted octanol–water partition coefficient (Wildman–Crippen LogP) is 5.95. The van der Waals surface area contributed by atoms with E-state index < -0.39 is 23.5 Å². The molecule has 0 saturated carbocycles. The lowest BCUT2D eigenvalue weighted by molar-refractivity contribution is -0.130. The molecule has 0 spiro atoms. The fourth-order valence-electron chi connectivity index (χ4n) is 4.16. The van der Waals surface area contributed by atoms with E-state index >= 15 is 0 Å². The Bertz CT molecular complexity index is 1430. The van der Waals surface area contributed by atoms with Crippen molar-refractivity contribution >= 4 is 34.6 Å². The molecule has 0 aliphatic carbocycles. The summed E-state index contributed by atoms with van der Waals surface area (Å²) in [5.74, 6) is -1.57. The van der Waals surface area contributed by atoms with Gasteiger partial charge >= 0.3 is 0 Å². The second kappa shape index (κ2) is 9.44. The first-order valence-electron chi connectivity index (χ1n) is 10.9. The number of halogens is 1. The Hall–Kier alpha value is -3.81. The maximum absolute atomic E-state index is 13.9. The minimum absolute atomic E-state index is 0.0348. The van der Waals surface area contributed by atoms with E-state index in [1.807, 2.05) is 36.4 Å². The number of thiazole rings is 1. The lowest BCUT2D eigenvalue weighted by Crippen LogP contribution is -2.30. The molecule has 35 heavy (non-hydrogen) atoms. The van der Waals surface area contributed by atoms with Crippen LogP contribution in [0.3, 0.4) is 0 Å². The highest BCUT2D eigenvalue weighted by Gasteiger charge is 2.44. The number of rotatable bonds is 6. The largest absolute Gasteiger partial charge is 0.503 e. The van der Waals surface area contributed by atoms with Gasteiger partial charge in [0.2, 0.25) is 5.78 Å². The van der Waals surface area contributed by atoms with E-state index in [1.54, 1.807) is 49.6 Å². The zero-order chi connectivity index (χ0) is 24.5. The van der Waals surface area contributed by atoms with Crippen molar-refractivity contribution in [2.45, 2.75) is 19.5 Å². The van der Waals surface area contributed by atoms with Crippen LogP contribution in [0.4, 0.5) is 0 Å². The number of aliphatic hydroxyl groups is 1. The number of amides is 1. The van der Waals surface area contributed by atoms with Crippen LogP contribution in [0, 0.1) is 6.92 Å². The van der Waals surface area contributed by atoms with Crippen molar-refractivity contribution in [3.63, 3.8) is 0 Å². The molecule has 6 nitrogen and oxygen atoms in total. The van der Waals surface area contributed by atoms with Gasteiger partial charge in [-0.3, -0.25) is 14.6 Å². The van der Waals surface area contributed by atoms with Gasteiger partial charge in [0.15, 0.2) is 5.76 Å². The molecule has 0 saturated heterocycles. The second-order valence-electron chi connectivity index (χ2n) is 8.14. The highest BCUT2D eigenvalue weighted by molar-refractivity contribution is 7.17. The predicted molar refractivity (Wildman–Crippen MR) is 135 cm³/mol. The number of hydrogen-bond acceptors (Lipinski definition) is 6. The van der Waals surface area contributed by atoms with Crippen LogP contribution in [0.1, 0.15) is 32.5 Å². The van der Waals surface area contributed by atoms with Crippen LogP contribution in [-0.4, -0.2) is 31.7 Å². The molecule has 1 unspecified atom stereocenters. The minimum atomic E-state index is -0.783. The number of aryl methyl sites for hydroxylation is 1. The molecular weight excluding hydrogens is 482 g/mol. The third-order valence-corrected chi connectivity index (χ3v) is 7.29. The Kier molecular flexibility index (Phi) is 6.19. The topological polar surface area (TPSA) is 83.4 Å². The highest BCUT2D eigenvalue weighted by Crippen LogP contribution is 2.42. The van der Waals surface area contributed by atoms with E-state index in [9.17, 15) is 14.7 Å². The van der Waals surface area contributed by atoms with Gasteiger partial charge in [-0.05, 0) is 36.2 Å². The fraction of sp³-hybridized carbons (Fsp3) is 0.111. The number of benzene rings is 2. The molecular formula is C27H20ClN3O3S. The van der Waals surface area contributed by atoms with Crippen LogP contribution in [0.5, 0.6) is 0 Å². The number of aliphatic hydroxyl groups excluding tert-OH is 1. The minimum Gasteiger partial charge on any atom is -0.503 e. The number of ketones is 1. The molecule has 4 aromatic rings. The molecule has 1 N–H and O–H groups in total. The summed E-state index contributed by atoms with van der Waals surface area (Å²) in [4.78, 5) is 37.7. The van der Waals surface area contributed by atoms with Gasteiger partial charge in [0.05, 0.1) is 22.2 Å². The van der Waals surface area contributed by atoms with Gasteiger partial charge in [-0.25, -0.2) is 4.98 Å². The lowest BCUT2D eigenvalue weighted by atomic mass is 9.95. The standard InChI is InChI=1S/C27H20ClN3O3S/c1-16-25(35-26(30-16)19-7-3-2-4-8-19)23(32)21-22(18-9-11-20(28)12-10-18)31(27(34)24(21)33)15-17-6-5-13-29-14-17/h2-14,22,33H,15H2,1H3. The van der Waals surface area contributed by atoms with Gasteiger partial charge in [-0.2, -0.15) is 0 Å². The number of carbonyl (C=O) groups excluding carboxylic acids is 2. The van der Waals surface area contributed by atoms with E-state index in [1.165, 1.54) is 16.2 Å². The fourth-order valence-corrected chi connectivity index (χ4v) is 5.31. The van der Waals surface area contributed by atoms with Gasteiger partial charge in [0.25, 0.3) is 5.91 Å². The maximum atomic E-state index is 13.9. The van der Waals surface area contributed by atoms with Crippen LogP contribution in [0.25, 0.3) is 10.6 Å². The number of aromatic nitrogens is 2. The third kappa shape index (κ3) is 4.36. The van der Waals surface area contributed by atoms with Crippen LogP contribution < -0.4 is 0 Å². The van der Waals surface area contributed by atoms with Gasteiger partial charge in [0, 0.05) is 29.5 Å². The zero-order valence-corrected chi connectivity index (χ0v) is 20.3. The summed E-state index contributed by atoms with van der Waals surface area (Å²) in [6, 6.07) is 19.3. The van der Waals surface area contributed by atoms with Crippen LogP contribution >= 0.6 is 22.9 Å². The van der Waals surface area contributed by atoms with E-state index in [2.05, 4.69) is 9.97 Å². The number of Topliss-reactive ketones (excluding diaryl/α,β-unsaturated/α-hetero) is 1. The van der Waals surface area contributed by atoms with Crippen LogP contribution in [0.2, 0.25) is 5.02 Å². The van der Waals surface area contributed by atoms with Gasteiger partial charge in [0.1, 0.15) is 5.01 Å². The van der Waals surface area contributed by atoms with Crippen molar-refractivity contribution in [1.82, 2.24) is 14.9 Å². The lowest BCUT2D eigenvalue weighted by Gasteiger charge is -2.27. The number of nitrogens with zero attached hydrogens (tertiary/aromatic N) is 3. The Labute approximate surface area is 211 Å². The molecule has 1 amide bonds. The Morgan fingerprint density at radius 3 is 2.51 bits per heavy atom. The summed E-state index contributed by atoms with van der Waals surface area (Å²) >= 11 is 7.34. The molecule has 2 aromatic heterocycles. The first-order valence-corrected chi connectivity index (χ1v) is 12.1. The van der Waals surface area contributed by atoms with E-state index in [0.29, 0.717) is 26.2 Å². The quantitative estimate of drug-likeness (QED) is 0.330. The number of carbonyl (C=O) groups is 2. The first-order chi connectivity index (χ1) is 16.9. The first kappa shape index (κ1) is 23.0. The Morgan fingerprint density at radius 2 is 1.83 bits per heavy atom. The van der Waals surface area contributed by atoms with Crippen molar-refractivity contribution < 1.29 is 14.7 Å². The molecule has 0 fully saturated rings. The summed E-state index contributed by atoms with van der Waals surface area (Å²) in [5, 5.41) is 12.2. The summed E-state index contributed by atoms with van der Waals surface area (Å²) in [7, 11) is 0. The van der Waals surface area contributed by atoms with E-state index in [0.717, 1.165) is 11.1 Å². The molecule has 0 bridgehead atoms. The van der Waals surface area contributed by atoms with Crippen LogP contribution in [-0.2, 0) is 11.3 Å². The van der Waals surface area contributed by atoms with Crippen molar-refractivity contribution in [3.8, 4) is 10.6 Å². The number of pyridine rings is 1. The van der Waals surface area contributed by atoms with E-state index in [-0.39, 0.29) is 12.1 Å². The maximum Gasteiger partial charge on any atom is 0.290 e. The smallest absolute Gasteiger partial charge is 0.290 e. The summed E-state index contributed by atoms with van der Waals surface area (Å²) in [6.45, 7) is 1.94. The van der Waals surface area contributed by atoms with Gasteiger partial charge in [-0.15, -0.1) is 11.3 Å². The van der Waals surface area contributed by atoms with Crippen molar-refractivity contribution in [3.05, 3.63) is 117 Å². The van der Waals surface area contributed by atoms with Crippen molar-refractivity contribution in [1.29, 1.82) is 0 Å². The van der Waals surface area contributed by atoms with Crippen molar-refractivity contribution in [2.75, 3.05) is 0 Å². The second-order valence-corrected chi connectivity index (χ2v) is 9.57. The summed E-state index contributed by atoms with van der Waals surface area (Å²) in [5.41, 5.74) is 2.93. The van der Waals surface area contributed by atoms with E-state index in [4.69, 9.17) is 11.6 Å². The normalized spacial score (nSPS) is 15.7. The molecule has 1 aliphatic rings. The molecule has 0 radical (unpaired) electrons. The Balaban J connectivity index is 1.58. The molecule has 2 aromatic carbocycles. The van der Waals surface area contributed by atoms with Crippen LogP contribution in [0.15, 0.2) is 90.5 Å². The molecule has 174 valence electrons. The number of hydrogen-bond donors (Lipinski definition) is 1. The summed E-state index contributed by atoms with van der Waals surface area (Å²) < 4.78 is 0. The average Bonchev–Trinajstić information content (AvgIpc) is 3.38. The average molecular weight is 502 g/mol. The third-order valence-electron chi connectivity index (χ3n) is 5.83. The molecule has 3 heterocycles. The van der Waals surface area contributed by atoms with Crippen molar-refractivity contribution in [2.24, 2.45) is 0 Å². The molecule has 1 aliphatic heterocycles. The molecule has 8 heteroatoms. The Morgan fingerprint density at radius 1 is 1.09 bits per heavy atom.